The first kappa shape index (κ1) is 20.0. The Labute approximate surface area is 166 Å². The average molecular weight is 383 g/mol. The quantitative estimate of drug-likeness (QED) is 0.791. The van der Waals surface area contributed by atoms with Crippen LogP contribution < -0.4 is 14.8 Å². The maximum absolute atomic E-state index is 12.7. The highest BCUT2D eigenvalue weighted by atomic mass is 16.5. The number of rotatable bonds is 7. The Hall–Kier alpha value is -2.76. The number of carbonyl (C=O) groups is 1. The van der Waals surface area contributed by atoms with Crippen LogP contribution in [0.5, 0.6) is 11.5 Å². The van der Waals surface area contributed by atoms with Gasteiger partial charge in [0.1, 0.15) is 5.82 Å². The average Bonchev–Trinajstić information content (AvgIpc) is 2.74. The van der Waals surface area contributed by atoms with Gasteiger partial charge in [0.05, 0.1) is 14.2 Å². The Morgan fingerprint density at radius 3 is 2.61 bits per heavy atom. The van der Waals surface area contributed by atoms with Crippen LogP contribution in [-0.4, -0.2) is 49.6 Å². The third kappa shape index (κ3) is 4.94. The van der Waals surface area contributed by atoms with Crippen molar-refractivity contribution in [3.63, 3.8) is 0 Å². The number of anilines is 1. The molecule has 1 N–H and O–H groups in total. The van der Waals surface area contributed by atoms with Crippen LogP contribution in [0.15, 0.2) is 36.5 Å². The third-order valence-electron chi connectivity index (χ3n) is 5.25. The van der Waals surface area contributed by atoms with Gasteiger partial charge in [0, 0.05) is 31.4 Å². The Kier molecular flexibility index (Phi) is 6.74. The lowest BCUT2D eigenvalue weighted by Gasteiger charge is -2.30. The Morgan fingerprint density at radius 1 is 1.14 bits per heavy atom. The summed E-state index contributed by atoms with van der Waals surface area (Å²) in [6, 6.07) is 9.54. The lowest BCUT2D eigenvalue weighted by Crippen LogP contribution is -2.37. The minimum absolute atomic E-state index is 0.0947. The van der Waals surface area contributed by atoms with E-state index in [2.05, 4.69) is 17.2 Å². The summed E-state index contributed by atoms with van der Waals surface area (Å²) in [7, 11) is 3.26. The van der Waals surface area contributed by atoms with Crippen LogP contribution in [0.1, 0.15) is 35.7 Å². The van der Waals surface area contributed by atoms with E-state index in [9.17, 15) is 4.79 Å². The van der Waals surface area contributed by atoms with Crippen molar-refractivity contribution in [1.29, 1.82) is 0 Å². The van der Waals surface area contributed by atoms with E-state index >= 15 is 0 Å². The van der Waals surface area contributed by atoms with Crippen LogP contribution in [0.2, 0.25) is 0 Å². The van der Waals surface area contributed by atoms with E-state index in [1.165, 1.54) is 0 Å². The molecule has 0 atom stereocenters. The fraction of sp³-hybridized carbons (Fsp3) is 0.455. The van der Waals surface area contributed by atoms with Gasteiger partial charge >= 0.3 is 0 Å². The number of methoxy groups -OCH3 is 2. The molecular formula is C22H29N3O3. The van der Waals surface area contributed by atoms with Gasteiger partial charge in [0.25, 0.3) is 5.91 Å². The van der Waals surface area contributed by atoms with Crippen LogP contribution in [-0.2, 0) is 6.42 Å². The molecule has 1 aliphatic heterocycles. The van der Waals surface area contributed by atoms with Gasteiger partial charge < -0.3 is 19.7 Å². The maximum Gasteiger partial charge on any atom is 0.254 e. The molecule has 0 unspecified atom stereocenters. The molecule has 1 fully saturated rings. The van der Waals surface area contributed by atoms with Crippen molar-refractivity contribution in [2.24, 2.45) is 5.92 Å². The second-order valence-corrected chi connectivity index (χ2v) is 7.27. The van der Waals surface area contributed by atoms with Crippen LogP contribution in [0.4, 0.5) is 5.82 Å². The number of amides is 1. The fourth-order valence-corrected chi connectivity index (χ4v) is 3.43. The predicted molar refractivity (Wildman–Crippen MR) is 110 cm³/mol. The van der Waals surface area contributed by atoms with Gasteiger partial charge in [-0.3, -0.25) is 4.79 Å². The molecule has 28 heavy (non-hydrogen) atoms. The molecule has 0 bridgehead atoms. The summed E-state index contributed by atoms with van der Waals surface area (Å²) in [5.74, 6) is 2.96. The van der Waals surface area contributed by atoms with Crippen molar-refractivity contribution >= 4 is 11.7 Å². The van der Waals surface area contributed by atoms with Crippen molar-refractivity contribution < 1.29 is 14.3 Å². The van der Waals surface area contributed by atoms with Crippen LogP contribution in [0, 0.1) is 5.92 Å². The van der Waals surface area contributed by atoms with Crippen molar-refractivity contribution in [1.82, 2.24) is 9.88 Å². The summed E-state index contributed by atoms with van der Waals surface area (Å²) < 4.78 is 10.6. The number of piperidine rings is 1. The van der Waals surface area contributed by atoms with E-state index in [4.69, 9.17) is 9.47 Å². The first-order chi connectivity index (χ1) is 13.6. The number of pyridine rings is 1. The summed E-state index contributed by atoms with van der Waals surface area (Å²) in [5, 5.41) is 3.31. The number of nitrogens with one attached hydrogen (secondary N) is 1. The first-order valence-electron chi connectivity index (χ1n) is 9.81. The van der Waals surface area contributed by atoms with Gasteiger partial charge in [0.15, 0.2) is 11.5 Å². The van der Waals surface area contributed by atoms with Crippen LogP contribution in [0.25, 0.3) is 0 Å². The minimum Gasteiger partial charge on any atom is -0.493 e. The largest absolute Gasteiger partial charge is 0.493 e. The number of benzene rings is 1. The third-order valence-corrected chi connectivity index (χ3v) is 5.25. The molecule has 1 saturated heterocycles. The van der Waals surface area contributed by atoms with Crippen molar-refractivity contribution in [3.8, 4) is 11.5 Å². The van der Waals surface area contributed by atoms with Crippen LogP contribution >= 0.6 is 0 Å². The Balaban J connectivity index is 1.57. The summed E-state index contributed by atoms with van der Waals surface area (Å²) in [6.07, 6.45) is 4.66. The molecule has 3 rings (SSSR count). The van der Waals surface area contributed by atoms with E-state index in [-0.39, 0.29) is 5.91 Å². The normalized spacial score (nSPS) is 14.6. The topological polar surface area (TPSA) is 63.7 Å². The number of nitrogens with zero attached hydrogens (tertiary/aromatic N) is 2. The smallest absolute Gasteiger partial charge is 0.254 e. The van der Waals surface area contributed by atoms with E-state index in [0.29, 0.717) is 18.0 Å². The maximum atomic E-state index is 12.7. The zero-order valence-electron chi connectivity index (χ0n) is 16.9. The van der Waals surface area contributed by atoms with Gasteiger partial charge in [-0.05, 0) is 55.0 Å². The molecular weight excluding hydrogens is 354 g/mol. The Morgan fingerprint density at radius 2 is 1.89 bits per heavy atom. The van der Waals surface area contributed by atoms with Crippen molar-refractivity contribution in [2.45, 2.75) is 26.2 Å². The number of hydrogen-bond donors (Lipinski definition) is 1. The van der Waals surface area contributed by atoms with Gasteiger partial charge in [-0.1, -0.05) is 13.0 Å². The number of likely N-dealkylation sites (tertiary alicyclic amines) is 1. The SMILES string of the molecule is COc1ccc(CCNc2cc(C(=O)N3CCC(C)CC3)ccn2)cc1OC. The zero-order chi connectivity index (χ0) is 19.9. The van der Waals surface area contributed by atoms with Gasteiger partial charge in [-0.25, -0.2) is 4.98 Å². The van der Waals surface area contributed by atoms with Gasteiger partial charge in [-0.15, -0.1) is 0 Å². The standard InChI is InChI=1S/C22H29N3O3/c1-16-8-12-25(13-9-16)22(26)18-7-11-24-21(15-18)23-10-6-17-4-5-19(27-2)20(14-17)28-3/h4-5,7,11,14-16H,6,8-10,12-13H2,1-3H3,(H,23,24). The molecule has 0 aliphatic carbocycles. The lowest BCUT2D eigenvalue weighted by molar-refractivity contribution is 0.0697. The molecule has 1 aromatic carbocycles. The highest BCUT2D eigenvalue weighted by Gasteiger charge is 2.21. The molecule has 6 heteroatoms. The summed E-state index contributed by atoms with van der Waals surface area (Å²) in [5.41, 5.74) is 1.83. The van der Waals surface area contributed by atoms with Gasteiger partial charge in [-0.2, -0.15) is 0 Å². The number of hydrogen-bond acceptors (Lipinski definition) is 5. The zero-order valence-corrected chi connectivity index (χ0v) is 16.9. The number of ether oxygens (including phenoxy) is 2. The van der Waals surface area contributed by atoms with E-state index in [1.807, 2.05) is 29.2 Å². The molecule has 2 aromatic rings. The molecule has 0 radical (unpaired) electrons. The van der Waals surface area contributed by atoms with E-state index < -0.39 is 0 Å². The summed E-state index contributed by atoms with van der Waals surface area (Å²) >= 11 is 0. The predicted octanol–water partition coefficient (Wildman–Crippen LogP) is 3.63. The molecule has 150 valence electrons. The second kappa shape index (κ2) is 9.44. The molecule has 1 amide bonds. The summed E-state index contributed by atoms with van der Waals surface area (Å²) in [6.45, 7) is 4.63. The van der Waals surface area contributed by atoms with E-state index in [1.54, 1.807) is 26.5 Å². The molecule has 0 spiro atoms. The number of aromatic nitrogens is 1. The highest BCUT2D eigenvalue weighted by molar-refractivity contribution is 5.94. The lowest BCUT2D eigenvalue weighted by atomic mass is 9.99. The summed E-state index contributed by atoms with van der Waals surface area (Å²) in [4.78, 5) is 19.0. The monoisotopic (exact) mass is 383 g/mol. The molecule has 6 nitrogen and oxygen atoms in total. The van der Waals surface area contributed by atoms with Gasteiger partial charge in [0.2, 0.25) is 0 Å². The minimum atomic E-state index is 0.0947. The van der Waals surface area contributed by atoms with Crippen molar-refractivity contribution in [2.75, 3.05) is 39.2 Å². The molecule has 2 heterocycles. The van der Waals surface area contributed by atoms with Crippen LogP contribution in [0.3, 0.4) is 0 Å². The molecule has 1 aromatic heterocycles. The number of carbonyl (C=O) groups excluding carboxylic acids is 1. The van der Waals surface area contributed by atoms with Crippen molar-refractivity contribution in [3.05, 3.63) is 47.7 Å². The second-order valence-electron chi connectivity index (χ2n) is 7.27. The highest BCUT2D eigenvalue weighted by Crippen LogP contribution is 2.27. The molecule has 1 aliphatic rings. The Bertz CT molecular complexity index is 801. The first-order valence-corrected chi connectivity index (χ1v) is 9.81. The fourth-order valence-electron chi connectivity index (χ4n) is 3.43. The van der Waals surface area contributed by atoms with E-state index in [0.717, 1.165) is 55.2 Å². The molecule has 0 saturated carbocycles.